The van der Waals surface area contributed by atoms with Gasteiger partial charge in [0.2, 0.25) is 0 Å². The Morgan fingerprint density at radius 2 is 1.95 bits per heavy atom. The first-order chi connectivity index (χ1) is 8.97. The van der Waals surface area contributed by atoms with Gasteiger partial charge in [0, 0.05) is 12.4 Å². The second-order valence-corrected chi connectivity index (χ2v) is 5.41. The van der Waals surface area contributed by atoms with E-state index in [1.165, 1.54) is 10.2 Å². The summed E-state index contributed by atoms with van der Waals surface area (Å²) in [5.41, 5.74) is 1.35. The van der Waals surface area contributed by atoms with Crippen molar-refractivity contribution in [1.82, 2.24) is 9.78 Å². The molecule has 0 bridgehead atoms. The van der Waals surface area contributed by atoms with Crippen molar-refractivity contribution < 1.29 is 9.53 Å². The van der Waals surface area contributed by atoms with Crippen LogP contribution in [-0.4, -0.2) is 22.3 Å². The Labute approximate surface area is 113 Å². The van der Waals surface area contributed by atoms with Crippen molar-refractivity contribution in [3.8, 4) is 5.75 Å². The fourth-order valence-electron chi connectivity index (χ4n) is 1.68. The number of benzene rings is 1. The summed E-state index contributed by atoms with van der Waals surface area (Å²) in [6, 6.07) is 9.52. The molecule has 1 heterocycles. The average molecular weight is 258 g/mol. The molecule has 0 spiro atoms. The minimum absolute atomic E-state index is 0.0173. The number of ether oxygens (including phenoxy) is 1. The Bertz CT molecular complexity index is 537. The molecular formula is C15H18N2O2. The van der Waals surface area contributed by atoms with Gasteiger partial charge in [-0.05, 0) is 29.2 Å². The zero-order chi connectivity index (χ0) is 13.9. The first-order valence-electron chi connectivity index (χ1n) is 6.23. The summed E-state index contributed by atoms with van der Waals surface area (Å²) in [4.78, 5) is 11.7. The van der Waals surface area contributed by atoms with Gasteiger partial charge >= 0.3 is 0 Å². The normalized spacial score (nSPS) is 11.3. The lowest BCUT2D eigenvalue weighted by molar-refractivity contribution is 0.0821. The fourth-order valence-corrected chi connectivity index (χ4v) is 1.68. The molecule has 100 valence electrons. The van der Waals surface area contributed by atoms with Crippen LogP contribution in [0.3, 0.4) is 0 Å². The van der Waals surface area contributed by atoms with Crippen LogP contribution in [0, 0.1) is 0 Å². The van der Waals surface area contributed by atoms with E-state index in [2.05, 4.69) is 25.9 Å². The quantitative estimate of drug-likeness (QED) is 0.850. The van der Waals surface area contributed by atoms with E-state index in [0.29, 0.717) is 5.75 Å². The lowest BCUT2D eigenvalue weighted by atomic mass is 9.87. The maximum Gasteiger partial charge on any atom is 0.284 e. The van der Waals surface area contributed by atoms with E-state index in [0.717, 1.165) is 0 Å². The molecule has 1 aromatic heterocycles. The molecule has 0 saturated carbocycles. The molecule has 4 nitrogen and oxygen atoms in total. The van der Waals surface area contributed by atoms with Crippen molar-refractivity contribution in [2.45, 2.75) is 26.2 Å². The highest BCUT2D eigenvalue weighted by molar-refractivity contribution is 5.79. The summed E-state index contributed by atoms with van der Waals surface area (Å²) in [6.45, 7) is 6.45. The van der Waals surface area contributed by atoms with Gasteiger partial charge in [0.1, 0.15) is 5.75 Å². The van der Waals surface area contributed by atoms with Gasteiger partial charge in [-0.1, -0.05) is 32.9 Å². The Balaban J connectivity index is 1.95. The topological polar surface area (TPSA) is 44.1 Å². The lowest BCUT2D eigenvalue weighted by Crippen LogP contribution is -2.19. The standard InChI is InChI=1S/C15H18N2O2/c1-15(2,3)12-5-7-13(8-6-12)19-11-14(18)17-10-4-9-16-17/h4-10H,11H2,1-3H3. The van der Waals surface area contributed by atoms with Crippen molar-refractivity contribution in [1.29, 1.82) is 0 Å². The third-order valence-corrected chi connectivity index (χ3v) is 2.84. The molecule has 19 heavy (non-hydrogen) atoms. The van der Waals surface area contributed by atoms with E-state index in [1.54, 1.807) is 18.5 Å². The summed E-state index contributed by atoms with van der Waals surface area (Å²) in [5, 5.41) is 3.86. The van der Waals surface area contributed by atoms with Crippen LogP contribution < -0.4 is 4.74 Å². The van der Waals surface area contributed by atoms with Crippen LogP contribution in [0.4, 0.5) is 0 Å². The van der Waals surface area contributed by atoms with Gasteiger partial charge in [0.15, 0.2) is 6.61 Å². The van der Waals surface area contributed by atoms with Crippen LogP contribution >= 0.6 is 0 Å². The Hall–Kier alpha value is -2.10. The average Bonchev–Trinajstić information content (AvgIpc) is 2.89. The minimum atomic E-state index is -0.190. The Morgan fingerprint density at radius 3 is 2.47 bits per heavy atom. The van der Waals surface area contributed by atoms with E-state index in [4.69, 9.17) is 4.74 Å². The number of hydrogen-bond acceptors (Lipinski definition) is 3. The highest BCUT2D eigenvalue weighted by Gasteiger charge is 2.13. The van der Waals surface area contributed by atoms with Gasteiger partial charge in [0.05, 0.1) is 0 Å². The van der Waals surface area contributed by atoms with Crippen LogP contribution in [0.2, 0.25) is 0 Å². The third-order valence-electron chi connectivity index (χ3n) is 2.84. The van der Waals surface area contributed by atoms with Gasteiger partial charge in [-0.15, -0.1) is 0 Å². The molecule has 0 radical (unpaired) electrons. The van der Waals surface area contributed by atoms with Crippen LogP contribution in [0.15, 0.2) is 42.7 Å². The van der Waals surface area contributed by atoms with Crippen LogP contribution in [-0.2, 0) is 5.41 Å². The summed E-state index contributed by atoms with van der Waals surface area (Å²) >= 11 is 0. The highest BCUT2D eigenvalue weighted by Crippen LogP contribution is 2.24. The molecule has 4 heteroatoms. The van der Waals surface area contributed by atoms with Gasteiger partial charge in [-0.25, -0.2) is 4.68 Å². The van der Waals surface area contributed by atoms with Gasteiger partial charge < -0.3 is 4.74 Å². The first-order valence-corrected chi connectivity index (χ1v) is 6.23. The molecule has 0 aliphatic heterocycles. The van der Waals surface area contributed by atoms with Crippen molar-refractivity contribution in [3.05, 3.63) is 48.3 Å². The van der Waals surface area contributed by atoms with Crippen LogP contribution in [0.1, 0.15) is 31.1 Å². The second-order valence-electron chi connectivity index (χ2n) is 5.41. The number of aromatic nitrogens is 2. The third kappa shape index (κ3) is 3.44. The molecule has 0 N–H and O–H groups in total. The molecule has 2 rings (SSSR count). The lowest BCUT2D eigenvalue weighted by Gasteiger charge is -2.19. The van der Waals surface area contributed by atoms with Gasteiger partial charge in [-0.3, -0.25) is 4.79 Å². The largest absolute Gasteiger partial charge is 0.484 e. The maximum absolute atomic E-state index is 11.7. The number of carbonyl (C=O) groups excluding carboxylic acids is 1. The SMILES string of the molecule is CC(C)(C)c1ccc(OCC(=O)n2cccn2)cc1. The van der Waals surface area contributed by atoms with Gasteiger partial charge in [0.25, 0.3) is 5.91 Å². The fraction of sp³-hybridized carbons (Fsp3) is 0.333. The molecule has 1 aromatic carbocycles. The molecule has 0 unspecified atom stereocenters. The Morgan fingerprint density at radius 1 is 1.26 bits per heavy atom. The summed E-state index contributed by atoms with van der Waals surface area (Å²) in [6.07, 6.45) is 3.17. The molecule has 0 aliphatic rings. The predicted molar refractivity (Wildman–Crippen MR) is 73.5 cm³/mol. The van der Waals surface area contributed by atoms with E-state index < -0.39 is 0 Å². The van der Waals surface area contributed by atoms with Crippen molar-refractivity contribution >= 4 is 5.91 Å². The molecule has 0 saturated heterocycles. The molecule has 0 fully saturated rings. The van der Waals surface area contributed by atoms with Crippen molar-refractivity contribution in [2.75, 3.05) is 6.61 Å². The van der Waals surface area contributed by atoms with E-state index >= 15 is 0 Å². The smallest absolute Gasteiger partial charge is 0.284 e. The summed E-state index contributed by atoms with van der Waals surface area (Å²) in [7, 11) is 0. The van der Waals surface area contributed by atoms with Crippen molar-refractivity contribution in [3.63, 3.8) is 0 Å². The Kier molecular flexibility index (Phi) is 3.69. The van der Waals surface area contributed by atoms with E-state index in [9.17, 15) is 4.79 Å². The van der Waals surface area contributed by atoms with Gasteiger partial charge in [-0.2, -0.15) is 5.10 Å². The minimum Gasteiger partial charge on any atom is -0.484 e. The predicted octanol–water partition coefficient (Wildman–Crippen LogP) is 2.90. The monoisotopic (exact) mass is 258 g/mol. The number of carbonyl (C=O) groups is 1. The van der Waals surface area contributed by atoms with Crippen molar-refractivity contribution in [2.24, 2.45) is 0 Å². The molecular weight excluding hydrogens is 240 g/mol. The second kappa shape index (κ2) is 5.26. The molecule has 0 aliphatic carbocycles. The maximum atomic E-state index is 11.7. The summed E-state index contributed by atoms with van der Waals surface area (Å²) < 4.78 is 6.72. The summed E-state index contributed by atoms with van der Waals surface area (Å²) in [5.74, 6) is 0.499. The number of nitrogens with zero attached hydrogens (tertiary/aromatic N) is 2. The first kappa shape index (κ1) is 13.3. The molecule has 2 aromatic rings. The molecule has 0 amide bonds. The van der Waals surface area contributed by atoms with E-state index in [1.807, 2.05) is 24.3 Å². The molecule has 0 atom stereocenters. The highest BCUT2D eigenvalue weighted by atomic mass is 16.5. The number of hydrogen-bond donors (Lipinski definition) is 0. The van der Waals surface area contributed by atoms with Crippen LogP contribution in [0.25, 0.3) is 0 Å². The van der Waals surface area contributed by atoms with Crippen LogP contribution in [0.5, 0.6) is 5.75 Å². The van der Waals surface area contributed by atoms with E-state index in [-0.39, 0.29) is 17.9 Å². The zero-order valence-electron chi connectivity index (χ0n) is 11.5. The number of rotatable bonds is 3. The zero-order valence-corrected chi connectivity index (χ0v) is 11.5.